The fourth-order valence-corrected chi connectivity index (χ4v) is 3.97. The van der Waals surface area contributed by atoms with Gasteiger partial charge < -0.3 is 0 Å². The van der Waals surface area contributed by atoms with Crippen LogP contribution in [0.25, 0.3) is 10.9 Å². The standard InChI is InChI=1S/C18H19N3O2S/c1-14-8-9-17(16-7-5-12-20-18(14)16)24(22,23)21(2)13-10-15-6-3-4-11-19-15/h3-9,11-12H,10,13H2,1-2H3. The number of rotatable bonds is 5. The molecule has 1 aromatic carbocycles. The largest absolute Gasteiger partial charge is 0.261 e. The van der Waals surface area contributed by atoms with Crippen LogP contribution in [0.15, 0.2) is 59.8 Å². The Morgan fingerprint density at radius 1 is 1.00 bits per heavy atom. The van der Waals surface area contributed by atoms with Crippen molar-refractivity contribution in [2.45, 2.75) is 18.2 Å². The van der Waals surface area contributed by atoms with Crippen LogP contribution in [-0.2, 0) is 16.4 Å². The van der Waals surface area contributed by atoms with Crippen molar-refractivity contribution in [3.8, 4) is 0 Å². The first kappa shape index (κ1) is 16.5. The molecule has 2 heterocycles. The van der Waals surface area contributed by atoms with Crippen molar-refractivity contribution >= 4 is 20.9 Å². The molecule has 0 saturated carbocycles. The van der Waals surface area contributed by atoms with Crippen molar-refractivity contribution in [1.82, 2.24) is 14.3 Å². The van der Waals surface area contributed by atoms with E-state index in [4.69, 9.17) is 0 Å². The van der Waals surface area contributed by atoms with Crippen LogP contribution in [0.4, 0.5) is 0 Å². The summed E-state index contributed by atoms with van der Waals surface area (Å²) in [5, 5.41) is 0.655. The van der Waals surface area contributed by atoms with Crippen LogP contribution >= 0.6 is 0 Å². The summed E-state index contributed by atoms with van der Waals surface area (Å²) in [5.41, 5.74) is 2.55. The predicted octanol–water partition coefficient (Wildman–Crippen LogP) is 2.80. The van der Waals surface area contributed by atoms with Gasteiger partial charge in [-0.2, -0.15) is 0 Å². The Morgan fingerprint density at radius 2 is 1.79 bits per heavy atom. The van der Waals surface area contributed by atoms with Gasteiger partial charge in [-0.3, -0.25) is 9.97 Å². The molecule has 3 rings (SSSR count). The van der Waals surface area contributed by atoms with E-state index in [0.717, 1.165) is 16.8 Å². The van der Waals surface area contributed by atoms with Gasteiger partial charge in [0, 0.05) is 43.5 Å². The maximum absolute atomic E-state index is 13.0. The molecule has 0 saturated heterocycles. The highest BCUT2D eigenvalue weighted by molar-refractivity contribution is 7.89. The molecule has 5 nitrogen and oxygen atoms in total. The lowest BCUT2D eigenvalue weighted by Crippen LogP contribution is -2.29. The Bertz CT molecular complexity index is 956. The lowest BCUT2D eigenvalue weighted by atomic mass is 10.1. The molecule has 0 radical (unpaired) electrons. The summed E-state index contributed by atoms with van der Waals surface area (Å²) in [4.78, 5) is 8.84. The van der Waals surface area contributed by atoms with E-state index in [2.05, 4.69) is 9.97 Å². The average molecular weight is 341 g/mol. The first-order valence-electron chi connectivity index (χ1n) is 7.71. The van der Waals surface area contributed by atoms with E-state index in [1.807, 2.05) is 25.1 Å². The third-order valence-corrected chi connectivity index (χ3v) is 5.94. The van der Waals surface area contributed by atoms with Gasteiger partial charge in [0.2, 0.25) is 10.0 Å². The third kappa shape index (κ3) is 3.16. The Labute approximate surface area is 142 Å². The molecule has 0 atom stereocenters. The number of hydrogen-bond acceptors (Lipinski definition) is 4. The smallest absolute Gasteiger partial charge is 0.243 e. The normalized spacial score (nSPS) is 12.0. The predicted molar refractivity (Wildman–Crippen MR) is 94.2 cm³/mol. The highest BCUT2D eigenvalue weighted by Gasteiger charge is 2.23. The zero-order chi connectivity index (χ0) is 17.2. The molecular weight excluding hydrogens is 322 g/mol. The molecule has 24 heavy (non-hydrogen) atoms. The molecule has 0 fully saturated rings. The highest BCUT2D eigenvalue weighted by atomic mass is 32.2. The summed E-state index contributed by atoms with van der Waals surface area (Å²) in [6.45, 7) is 2.30. The van der Waals surface area contributed by atoms with E-state index in [1.165, 1.54) is 4.31 Å². The van der Waals surface area contributed by atoms with Gasteiger partial charge in [0.1, 0.15) is 0 Å². The van der Waals surface area contributed by atoms with E-state index in [0.29, 0.717) is 23.2 Å². The summed E-state index contributed by atoms with van der Waals surface area (Å²) < 4.78 is 27.3. The molecule has 0 aliphatic carbocycles. The molecular formula is C18H19N3O2S. The fraction of sp³-hybridized carbons (Fsp3) is 0.222. The topological polar surface area (TPSA) is 63.2 Å². The second-order valence-corrected chi connectivity index (χ2v) is 7.69. The number of nitrogens with zero attached hydrogens (tertiary/aromatic N) is 3. The van der Waals surface area contributed by atoms with Crippen LogP contribution in [0, 0.1) is 6.92 Å². The summed E-state index contributed by atoms with van der Waals surface area (Å²) in [7, 11) is -1.99. The summed E-state index contributed by atoms with van der Waals surface area (Å²) in [6, 6.07) is 12.7. The minimum Gasteiger partial charge on any atom is -0.261 e. The van der Waals surface area contributed by atoms with Crippen molar-refractivity contribution in [3.63, 3.8) is 0 Å². The second kappa shape index (κ2) is 6.67. The maximum atomic E-state index is 13.0. The number of sulfonamides is 1. The quantitative estimate of drug-likeness (QED) is 0.716. The average Bonchev–Trinajstić information content (AvgIpc) is 2.61. The van der Waals surface area contributed by atoms with Crippen molar-refractivity contribution in [1.29, 1.82) is 0 Å². The Balaban J connectivity index is 1.92. The molecule has 0 spiro atoms. The molecule has 2 aromatic heterocycles. The van der Waals surface area contributed by atoms with E-state index in [-0.39, 0.29) is 0 Å². The first-order chi connectivity index (χ1) is 11.5. The van der Waals surface area contributed by atoms with Gasteiger partial charge >= 0.3 is 0 Å². The maximum Gasteiger partial charge on any atom is 0.243 e. The van der Waals surface area contributed by atoms with Crippen LogP contribution in [0.5, 0.6) is 0 Å². The van der Waals surface area contributed by atoms with Crippen molar-refractivity contribution in [2.24, 2.45) is 0 Å². The Morgan fingerprint density at radius 3 is 2.54 bits per heavy atom. The van der Waals surface area contributed by atoms with Gasteiger partial charge in [-0.25, -0.2) is 12.7 Å². The zero-order valence-electron chi connectivity index (χ0n) is 13.7. The van der Waals surface area contributed by atoms with Crippen LogP contribution < -0.4 is 0 Å². The van der Waals surface area contributed by atoms with Gasteiger partial charge in [-0.1, -0.05) is 12.1 Å². The highest BCUT2D eigenvalue weighted by Crippen LogP contribution is 2.26. The van der Waals surface area contributed by atoms with E-state index in [1.54, 1.807) is 43.7 Å². The minimum atomic E-state index is -3.59. The number of pyridine rings is 2. The number of fused-ring (bicyclic) bond motifs is 1. The van der Waals surface area contributed by atoms with Gasteiger partial charge in [-0.05, 0) is 42.8 Å². The molecule has 6 heteroatoms. The van der Waals surface area contributed by atoms with Crippen LogP contribution in [0.3, 0.4) is 0 Å². The van der Waals surface area contributed by atoms with Gasteiger partial charge in [0.25, 0.3) is 0 Å². The van der Waals surface area contributed by atoms with Crippen LogP contribution in [0.1, 0.15) is 11.3 Å². The first-order valence-corrected chi connectivity index (χ1v) is 9.15. The second-order valence-electron chi connectivity index (χ2n) is 5.68. The number of likely N-dealkylation sites (N-methyl/N-ethyl adjacent to an activating group) is 1. The molecule has 0 unspecified atom stereocenters. The molecule has 0 amide bonds. The van der Waals surface area contributed by atoms with Gasteiger partial charge in [-0.15, -0.1) is 0 Å². The summed E-state index contributed by atoms with van der Waals surface area (Å²) >= 11 is 0. The Hall–Kier alpha value is -2.31. The molecule has 0 aliphatic rings. The lowest BCUT2D eigenvalue weighted by molar-refractivity contribution is 0.471. The number of aryl methyl sites for hydroxylation is 1. The number of aromatic nitrogens is 2. The lowest BCUT2D eigenvalue weighted by Gasteiger charge is -2.18. The van der Waals surface area contributed by atoms with E-state index in [9.17, 15) is 8.42 Å². The van der Waals surface area contributed by atoms with Crippen LogP contribution in [0.2, 0.25) is 0 Å². The molecule has 3 aromatic rings. The van der Waals surface area contributed by atoms with Crippen molar-refractivity contribution in [2.75, 3.05) is 13.6 Å². The van der Waals surface area contributed by atoms with Crippen molar-refractivity contribution < 1.29 is 8.42 Å². The zero-order valence-corrected chi connectivity index (χ0v) is 14.5. The van der Waals surface area contributed by atoms with Gasteiger partial charge in [0.15, 0.2) is 0 Å². The van der Waals surface area contributed by atoms with E-state index >= 15 is 0 Å². The molecule has 0 bridgehead atoms. The Kier molecular flexibility index (Phi) is 4.59. The van der Waals surface area contributed by atoms with Crippen molar-refractivity contribution in [3.05, 3.63) is 66.1 Å². The third-order valence-electron chi connectivity index (χ3n) is 4.03. The monoisotopic (exact) mass is 341 g/mol. The SMILES string of the molecule is Cc1ccc(S(=O)(=O)N(C)CCc2ccccn2)c2cccnc12. The molecule has 0 N–H and O–H groups in total. The minimum absolute atomic E-state index is 0.291. The molecule has 0 aliphatic heterocycles. The summed E-state index contributed by atoms with van der Waals surface area (Å²) in [5.74, 6) is 0. The molecule has 124 valence electrons. The van der Waals surface area contributed by atoms with Crippen LogP contribution in [-0.4, -0.2) is 36.3 Å². The fourth-order valence-electron chi connectivity index (χ4n) is 2.62. The number of hydrogen-bond donors (Lipinski definition) is 0. The summed E-state index contributed by atoms with van der Waals surface area (Å²) in [6.07, 6.45) is 3.96. The number of benzene rings is 1. The van der Waals surface area contributed by atoms with Gasteiger partial charge in [0.05, 0.1) is 10.4 Å². The van der Waals surface area contributed by atoms with E-state index < -0.39 is 10.0 Å².